The molecule has 2 amide bonds. The molecule has 0 radical (unpaired) electrons. The highest BCUT2D eigenvalue weighted by Crippen LogP contribution is 2.38. The number of carbonyl (C=O) groups excluding carboxylic acids is 2. The molecule has 0 fully saturated rings. The molecular weight excluding hydrogens is 364 g/mol. The lowest BCUT2D eigenvalue weighted by Crippen LogP contribution is -2.35. The Morgan fingerprint density at radius 3 is 2.54 bits per heavy atom. The fourth-order valence-electron chi connectivity index (χ4n) is 3.31. The zero-order valence-electron chi connectivity index (χ0n) is 15.5. The number of fused-ring (bicyclic) bond motifs is 1. The lowest BCUT2D eigenvalue weighted by molar-refractivity contribution is -0.138. The molecule has 28 heavy (non-hydrogen) atoms. The third-order valence-corrected chi connectivity index (χ3v) is 4.53. The Labute approximate surface area is 161 Å². The predicted octanol–water partition coefficient (Wildman–Crippen LogP) is 2.49. The normalized spacial score (nSPS) is 14.0. The molecule has 0 saturated heterocycles. The van der Waals surface area contributed by atoms with E-state index in [9.17, 15) is 19.5 Å². The van der Waals surface area contributed by atoms with Gasteiger partial charge in [-0.25, -0.2) is 0 Å². The van der Waals surface area contributed by atoms with Crippen molar-refractivity contribution in [3.63, 3.8) is 0 Å². The molecule has 2 aromatic carbocycles. The molecule has 0 spiro atoms. The molecule has 8 nitrogen and oxygen atoms in total. The van der Waals surface area contributed by atoms with E-state index >= 15 is 0 Å². The summed E-state index contributed by atoms with van der Waals surface area (Å²) < 4.78 is 10.8. The van der Waals surface area contributed by atoms with Crippen LogP contribution in [0.15, 0.2) is 36.4 Å². The van der Waals surface area contributed by atoms with Crippen LogP contribution in [0.3, 0.4) is 0 Å². The molecule has 3 N–H and O–H groups in total. The van der Waals surface area contributed by atoms with Crippen LogP contribution in [-0.2, 0) is 4.79 Å². The van der Waals surface area contributed by atoms with Crippen molar-refractivity contribution in [2.24, 2.45) is 0 Å². The van der Waals surface area contributed by atoms with E-state index in [0.717, 1.165) is 4.90 Å². The van der Waals surface area contributed by atoms with Crippen LogP contribution in [0.5, 0.6) is 11.5 Å². The van der Waals surface area contributed by atoms with Gasteiger partial charge in [0.25, 0.3) is 11.8 Å². The molecule has 1 aliphatic rings. The Morgan fingerprint density at radius 1 is 1.18 bits per heavy atom. The van der Waals surface area contributed by atoms with Crippen LogP contribution >= 0.6 is 0 Å². The summed E-state index contributed by atoms with van der Waals surface area (Å²) in [5, 5.41) is 9.39. The van der Waals surface area contributed by atoms with Crippen LogP contribution < -0.4 is 15.2 Å². The third kappa shape index (κ3) is 3.24. The van der Waals surface area contributed by atoms with E-state index in [-0.39, 0.29) is 16.8 Å². The van der Waals surface area contributed by atoms with E-state index in [1.54, 1.807) is 31.2 Å². The van der Waals surface area contributed by atoms with Gasteiger partial charge >= 0.3 is 5.97 Å². The number of nitrogens with two attached hydrogens (primary N) is 1. The molecule has 0 bridgehead atoms. The van der Waals surface area contributed by atoms with Crippen molar-refractivity contribution in [1.29, 1.82) is 0 Å². The number of anilines is 1. The quantitative estimate of drug-likeness (QED) is 0.556. The van der Waals surface area contributed by atoms with Crippen molar-refractivity contribution in [2.45, 2.75) is 19.4 Å². The van der Waals surface area contributed by atoms with Gasteiger partial charge in [-0.05, 0) is 36.8 Å². The standard InChI is InChI=1S/C20H20N2O6/c1-3-28-16-9-11(7-8-15(16)27-2)14(10-17(23)24)22-19(25)12-5-4-6-13(21)18(12)20(22)26/h4-9,14H,3,10,21H2,1-2H3,(H,23,24)/t14-/m0/s1. The number of hydrogen-bond acceptors (Lipinski definition) is 6. The molecule has 1 aliphatic heterocycles. The number of rotatable bonds is 7. The lowest BCUT2D eigenvalue weighted by atomic mass is 10.0. The number of hydrogen-bond donors (Lipinski definition) is 2. The minimum absolute atomic E-state index is 0.0985. The summed E-state index contributed by atoms with van der Waals surface area (Å²) in [5.41, 5.74) is 6.76. The number of carbonyl (C=O) groups is 3. The second kappa shape index (κ2) is 7.59. The molecular formula is C20H20N2O6. The number of nitrogen functional groups attached to an aromatic ring is 1. The van der Waals surface area contributed by atoms with Gasteiger partial charge in [-0.2, -0.15) is 0 Å². The summed E-state index contributed by atoms with van der Waals surface area (Å²) >= 11 is 0. The maximum absolute atomic E-state index is 12.9. The van der Waals surface area contributed by atoms with Crippen LogP contribution in [0.2, 0.25) is 0 Å². The Morgan fingerprint density at radius 2 is 1.93 bits per heavy atom. The summed E-state index contributed by atoms with van der Waals surface area (Å²) in [6.07, 6.45) is -0.455. The van der Waals surface area contributed by atoms with Crippen molar-refractivity contribution < 1.29 is 29.0 Å². The Balaban J connectivity index is 2.09. The van der Waals surface area contributed by atoms with E-state index in [0.29, 0.717) is 23.7 Å². The second-order valence-corrected chi connectivity index (χ2v) is 6.21. The molecule has 1 heterocycles. The minimum atomic E-state index is -1.15. The van der Waals surface area contributed by atoms with Gasteiger partial charge in [-0.1, -0.05) is 12.1 Å². The highest BCUT2D eigenvalue weighted by Gasteiger charge is 2.42. The number of imide groups is 1. The first-order valence-electron chi connectivity index (χ1n) is 8.67. The average molecular weight is 384 g/mol. The van der Waals surface area contributed by atoms with Gasteiger partial charge in [0, 0.05) is 5.69 Å². The van der Waals surface area contributed by atoms with Crippen LogP contribution in [-0.4, -0.2) is 41.5 Å². The highest BCUT2D eigenvalue weighted by atomic mass is 16.5. The molecule has 0 aliphatic carbocycles. The third-order valence-electron chi connectivity index (χ3n) is 4.53. The summed E-state index contributed by atoms with van der Waals surface area (Å²) in [5.74, 6) is -1.48. The molecule has 8 heteroatoms. The van der Waals surface area contributed by atoms with Crippen LogP contribution in [0.4, 0.5) is 5.69 Å². The SMILES string of the molecule is CCOc1cc([C@H](CC(=O)O)N2C(=O)c3cccc(N)c3C2=O)ccc1OC. The van der Waals surface area contributed by atoms with Crippen molar-refractivity contribution in [3.8, 4) is 11.5 Å². The number of ether oxygens (including phenoxy) is 2. The van der Waals surface area contributed by atoms with E-state index in [2.05, 4.69) is 0 Å². The predicted molar refractivity (Wildman–Crippen MR) is 101 cm³/mol. The molecule has 0 saturated carbocycles. The molecule has 2 aromatic rings. The second-order valence-electron chi connectivity index (χ2n) is 6.21. The largest absolute Gasteiger partial charge is 0.493 e. The summed E-state index contributed by atoms with van der Waals surface area (Å²) in [4.78, 5) is 38.3. The maximum atomic E-state index is 12.9. The monoisotopic (exact) mass is 384 g/mol. The number of benzene rings is 2. The molecule has 1 atom stereocenters. The van der Waals surface area contributed by atoms with Gasteiger partial charge in [0.1, 0.15) is 0 Å². The van der Waals surface area contributed by atoms with Gasteiger partial charge in [0.15, 0.2) is 11.5 Å². The van der Waals surface area contributed by atoms with Crippen molar-refractivity contribution in [2.75, 3.05) is 19.5 Å². The zero-order valence-corrected chi connectivity index (χ0v) is 15.5. The first kappa shape index (κ1) is 19.2. The number of aliphatic carboxylic acids is 1. The average Bonchev–Trinajstić information content (AvgIpc) is 2.91. The van der Waals surface area contributed by atoms with E-state index in [1.165, 1.54) is 19.2 Å². The first-order chi connectivity index (χ1) is 13.4. The van der Waals surface area contributed by atoms with Crippen LogP contribution in [0.1, 0.15) is 45.7 Å². The minimum Gasteiger partial charge on any atom is -0.493 e. The molecule has 146 valence electrons. The fourth-order valence-corrected chi connectivity index (χ4v) is 3.31. The maximum Gasteiger partial charge on any atom is 0.305 e. The van der Waals surface area contributed by atoms with E-state index < -0.39 is 30.2 Å². The van der Waals surface area contributed by atoms with E-state index in [1.807, 2.05) is 0 Å². The molecule has 0 aromatic heterocycles. The Kier molecular flexibility index (Phi) is 5.21. The van der Waals surface area contributed by atoms with Gasteiger partial charge in [0.05, 0.1) is 37.3 Å². The summed E-state index contributed by atoms with van der Waals surface area (Å²) in [6, 6.07) is 8.40. The van der Waals surface area contributed by atoms with Gasteiger partial charge in [0.2, 0.25) is 0 Å². The number of methoxy groups -OCH3 is 1. The van der Waals surface area contributed by atoms with E-state index in [4.69, 9.17) is 15.2 Å². The van der Waals surface area contributed by atoms with Gasteiger partial charge in [-0.3, -0.25) is 19.3 Å². The summed E-state index contributed by atoms with van der Waals surface area (Å²) in [6.45, 7) is 2.17. The Bertz CT molecular complexity index is 956. The van der Waals surface area contributed by atoms with Crippen molar-refractivity contribution in [1.82, 2.24) is 4.90 Å². The summed E-state index contributed by atoms with van der Waals surface area (Å²) in [7, 11) is 1.49. The lowest BCUT2D eigenvalue weighted by Gasteiger charge is -2.26. The van der Waals surface area contributed by atoms with Crippen LogP contribution in [0, 0.1) is 0 Å². The Hall–Kier alpha value is -3.55. The smallest absolute Gasteiger partial charge is 0.305 e. The van der Waals surface area contributed by atoms with Crippen molar-refractivity contribution >= 4 is 23.5 Å². The highest BCUT2D eigenvalue weighted by molar-refractivity contribution is 6.23. The number of carboxylic acid groups (broad SMARTS) is 1. The number of amides is 2. The zero-order chi connectivity index (χ0) is 20.4. The van der Waals surface area contributed by atoms with Gasteiger partial charge < -0.3 is 20.3 Å². The van der Waals surface area contributed by atoms with Crippen LogP contribution in [0.25, 0.3) is 0 Å². The van der Waals surface area contributed by atoms with Crippen molar-refractivity contribution in [3.05, 3.63) is 53.1 Å². The fraction of sp³-hybridized carbons (Fsp3) is 0.250. The topological polar surface area (TPSA) is 119 Å². The first-order valence-corrected chi connectivity index (χ1v) is 8.67. The number of nitrogens with zero attached hydrogens (tertiary/aromatic N) is 1. The number of carboxylic acids is 1. The molecule has 3 rings (SSSR count). The molecule has 0 unspecified atom stereocenters. The van der Waals surface area contributed by atoms with Gasteiger partial charge in [-0.15, -0.1) is 0 Å².